The molecule has 0 aliphatic heterocycles. The van der Waals surface area contributed by atoms with Gasteiger partial charge in [-0.2, -0.15) is 5.10 Å². The minimum atomic E-state index is -0.854. The number of aliphatic hydroxyl groups is 1. The molecule has 1 aliphatic carbocycles. The van der Waals surface area contributed by atoms with Crippen LogP contribution in [0.5, 0.6) is 0 Å². The largest absolute Gasteiger partial charge is 0.383 e. The minimum Gasteiger partial charge on any atom is -0.383 e. The lowest BCUT2D eigenvalue weighted by Gasteiger charge is -2.46. The smallest absolute Gasteiger partial charge is 0.113 e. The van der Waals surface area contributed by atoms with E-state index >= 15 is 0 Å². The topological polar surface area (TPSA) is 38.0 Å². The van der Waals surface area contributed by atoms with E-state index < -0.39 is 5.60 Å². The van der Waals surface area contributed by atoms with Gasteiger partial charge in [0.2, 0.25) is 0 Å². The molecule has 1 saturated carbocycles. The van der Waals surface area contributed by atoms with Gasteiger partial charge < -0.3 is 5.11 Å². The maximum atomic E-state index is 11.0. The third-order valence-electron chi connectivity index (χ3n) is 4.00. The Hall–Kier alpha value is -0.540. The normalized spacial score (nSPS) is 29.3. The Balaban J connectivity index is 2.52. The molecule has 0 bridgehead atoms. The van der Waals surface area contributed by atoms with Crippen LogP contribution in [-0.4, -0.2) is 14.9 Å². The van der Waals surface area contributed by atoms with Crippen molar-refractivity contribution in [1.82, 2.24) is 9.78 Å². The third-order valence-corrected chi connectivity index (χ3v) is 4.27. The molecule has 1 aliphatic rings. The van der Waals surface area contributed by atoms with E-state index in [1.54, 1.807) is 10.9 Å². The number of hydrogen-bond donors (Lipinski definition) is 1. The fourth-order valence-corrected chi connectivity index (χ4v) is 3.13. The summed E-state index contributed by atoms with van der Waals surface area (Å²) in [4.78, 5) is 0. The Kier molecular flexibility index (Phi) is 2.79. The molecule has 0 saturated heterocycles. The van der Waals surface area contributed by atoms with E-state index in [0.717, 1.165) is 25.0 Å². The number of aromatic nitrogens is 2. The molecule has 90 valence electrons. The molecule has 4 heteroatoms. The molecular weight excluding hydrogens is 224 g/mol. The lowest BCUT2D eigenvalue weighted by Crippen LogP contribution is -2.46. The molecule has 0 amide bonds. The zero-order valence-corrected chi connectivity index (χ0v) is 10.9. The van der Waals surface area contributed by atoms with Crippen molar-refractivity contribution >= 4 is 11.6 Å². The van der Waals surface area contributed by atoms with E-state index in [2.05, 4.69) is 18.9 Å². The second-order valence-electron chi connectivity index (χ2n) is 5.42. The van der Waals surface area contributed by atoms with Gasteiger partial charge in [-0.05, 0) is 18.3 Å². The second-order valence-corrected chi connectivity index (χ2v) is 5.82. The SMILES string of the molecule is Cn1ncc(Cl)c1C1(O)CCCCC1(C)C. The van der Waals surface area contributed by atoms with Gasteiger partial charge in [0.1, 0.15) is 5.60 Å². The summed E-state index contributed by atoms with van der Waals surface area (Å²) >= 11 is 6.15. The van der Waals surface area contributed by atoms with Gasteiger partial charge in [0.25, 0.3) is 0 Å². The molecule has 0 radical (unpaired) electrons. The first-order valence-corrected chi connectivity index (χ1v) is 6.17. The Bertz CT molecular complexity index is 380. The highest BCUT2D eigenvalue weighted by molar-refractivity contribution is 6.31. The summed E-state index contributed by atoms with van der Waals surface area (Å²) in [7, 11) is 1.84. The maximum Gasteiger partial charge on any atom is 0.113 e. The summed E-state index contributed by atoms with van der Waals surface area (Å²) in [6.45, 7) is 4.21. The summed E-state index contributed by atoms with van der Waals surface area (Å²) in [5.74, 6) is 0. The monoisotopic (exact) mass is 242 g/mol. The molecule has 1 atom stereocenters. The first-order valence-electron chi connectivity index (χ1n) is 5.79. The maximum absolute atomic E-state index is 11.0. The van der Waals surface area contributed by atoms with Gasteiger partial charge in [-0.1, -0.05) is 38.3 Å². The molecule has 2 rings (SSSR count). The number of aryl methyl sites for hydroxylation is 1. The van der Waals surface area contributed by atoms with Gasteiger partial charge in [-0.15, -0.1) is 0 Å². The minimum absolute atomic E-state index is 0.150. The van der Waals surface area contributed by atoms with Crippen molar-refractivity contribution in [3.8, 4) is 0 Å². The van der Waals surface area contributed by atoms with Crippen LogP contribution in [0.4, 0.5) is 0 Å². The number of nitrogens with zero attached hydrogens (tertiary/aromatic N) is 2. The van der Waals surface area contributed by atoms with Gasteiger partial charge in [0.15, 0.2) is 0 Å². The molecule has 1 fully saturated rings. The predicted molar refractivity (Wildman–Crippen MR) is 64.4 cm³/mol. The van der Waals surface area contributed by atoms with Crippen molar-refractivity contribution in [2.24, 2.45) is 12.5 Å². The standard InChI is InChI=1S/C12H19ClN2O/c1-11(2)6-4-5-7-12(11,16)10-9(13)8-14-15(10)3/h8,16H,4-7H2,1-3H3. The van der Waals surface area contributed by atoms with Crippen molar-refractivity contribution in [3.63, 3.8) is 0 Å². The van der Waals surface area contributed by atoms with Crippen LogP contribution in [0.2, 0.25) is 5.02 Å². The molecule has 1 N–H and O–H groups in total. The van der Waals surface area contributed by atoms with Crippen LogP contribution in [0, 0.1) is 5.41 Å². The molecule has 1 aromatic heterocycles. The van der Waals surface area contributed by atoms with Gasteiger partial charge in [0.05, 0.1) is 16.9 Å². The Morgan fingerprint density at radius 3 is 2.50 bits per heavy atom. The van der Waals surface area contributed by atoms with Gasteiger partial charge in [-0.3, -0.25) is 4.68 Å². The van der Waals surface area contributed by atoms with E-state index in [-0.39, 0.29) is 5.41 Å². The van der Waals surface area contributed by atoms with E-state index in [1.807, 2.05) is 7.05 Å². The molecule has 0 aromatic carbocycles. The fraction of sp³-hybridized carbons (Fsp3) is 0.750. The molecule has 3 nitrogen and oxygen atoms in total. The molecule has 1 aromatic rings. The van der Waals surface area contributed by atoms with Crippen LogP contribution in [0.25, 0.3) is 0 Å². The lowest BCUT2D eigenvalue weighted by molar-refractivity contribution is -0.109. The number of hydrogen-bond acceptors (Lipinski definition) is 2. The van der Waals surface area contributed by atoms with E-state index in [9.17, 15) is 5.11 Å². The van der Waals surface area contributed by atoms with Crippen molar-refractivity contribution in [1.29, 1.82) is 0 Å². The van der Waals surface area contributed by atoms with E-state index in [4.69, 9.17) is 11.6 Å². The van der Waals surface area contributed by atoms with Crippen LogP contribution in [0.1, 0.15) is 45.2 Å². The van der Waals surface area contributed by atoms with Gasteiger partial charge in [-0.25, -0.2) is 0 Å². The van der Waals surface area contributed by atoms with Crippen LogP contribution >= 0.6 is 11.6 Å². The molecule has 1 unspecified atom stereocenters. The molecule has 16 heavy (non-hydrogen) atoms. The number of rotatable bonds is 1. The fourth-order valence-electron chi connectivity index (χ4n) is 2.81. The van der Waals surface area contributed by atoms with Gasteiger partial charge >= 0.3 is 0 Å². The molecule has 1 heterocycles. The van der Waals surface area contributed by atoms with Crippen molar-refractivity contribution in [2.45, 2.75) is 45.1 Å². The summed E-state index contributed by atoms with van der Waals surface area (Å²) in [6, 6.07) is 0. The Morgan fingerprint density at radius 2 is 2.00 bits per heavy atom. The summed E-state index contributed by atoms with van der Waals surface area (Å²) in [5, 5.41) is 15.7. The van der Waals surface area contributed by atoms with Crippen molar-refractivity contribution < 1.29 is 5.11 Å². The van der Waals surface area contributed by atoms with Crippen molar-refractivity contribution in [3.05, 3.63) is 16.9 Å². The molecular formula is C12H19ClN2O. The first-order chi connectivity index (χ1) is 7.38. The van der Waals surface area contributed by atoms with Crippen LogP contribution < -0.4 is 0 Å². The molecule has 0 spiro atoms. The second kappa shape index (κ2) is 3.74. The highest BCUT2D eigenvalue weighted by Crippen LogP contribution is 2.51. The van der Waals surface area contributed by atoms with Crippen LogP contribution in [-0.2, 0) is 12.6 Å². The van der Waals surface area contributed by atoms with Crippen LogP contribution in [0.15, 0.2) is 6.20 Å². The zero-order chi connectivity index (χ0) is 12.0. The Labute approximate surface area is 101 Å². The lowest BCUT2D eigenvalue weighted by atomic mass is 9.64. The number of halogens is 1. The van der Waals surface area contributed by atoms with E-state index in [0.29, 0.717) is 5.02 Å². The Morgan fingerprint density at radius 1 is 1.38 bits per heavy atom. The van der Waals surface area contributed by atoms with Crippen molar-refractivity contribution in [2.75, 3.05) is 0 Å². The average Bonchev–Trinajstić information content (AvgIpc) is 2.52. The van der Waals surface area contributed by atoms with Gasteiger partial charge in [0, 0.05) is 7.05 Å². The zero-order valence-electron chi connectivity index (χ0n) is 10.1. The quantitative estimate of drug-likeness (QED) is 0.823. The summed E-state index contributed by atoms with van der Waals surface area (Å²) in [6.07, 6.45) is 5.61. The predicted octanol–water partition coefficient (Wildman–Crippen LogP) is 2.86. The third kappa shape index (κ3) is 1.57. The van der Waals surface area contributed by atoms with Crippen LogP contribution in [0.3, 0.4) is 0 Å². The summed E-state index contributed by atoms with van der Waals surface area (Å²) in [5.41, 5.74) is -0.241. The highest BCUT2D eigenvalue weighted by Gasteiger charge is 2.49. The first kappa shape index (κ1) is 11.9. The highest BCUT2D eigenvalue weighted by atomic mass is 35.5. The summed E-state index contributed by atoms with van der Waals surface area (Å²) < 4.78 is 1.70. The average molecular weight is 243 g/mol. The van der Waals surface area contributed by atoms with E-state index in [1.165, 1.54) is 6.42 Å².